The predicted molar refractivity (Wildman–Crippen MR) is 99.9 cm³/mol. The fraction of sp³-hybridized carbons (Fsp3) is 0.800. The number of hydrogen-bond acceptors (Lipinski definition) is 5. The standard InChI is InChI=1S/C20H34N2O4/c1-14(23)21-15-12-19(2,3)17(20(4,5)13-15)16(18(24)25-6)26-22-10-8-7-9-11-22/h12,16-17H,7-11,13H2,1-6H3,(H,21,23). The van der Waals surface area contributed by atoms with Crippen LogP contribution in [0.5, 0.6) is 0 Å². The topological polar surface area (TPSA) is 67.9 Å². The Labute approximate surface area is 157 Å². The SMILES string of the molecule is COC(=O)C(ON1CCCCC1)C1C(C)(C)C=C(NC(C)=O)CC1(C)C. The summed E-state index contributed by atoms with van der Waals surface area (Å²) < 4.78 is 5.10. The summed E-state index contributed by atoms with van der Waals surface area (Å²) in [5.74, 6) is -0.490. The second-order valence-electron chi connectivity index (χ2n) is 8.85. The van der Waals surface area contributed by atoms with E-state index in [-0.39, 0.29) is 28.6 Å². The number of carbonyl (C=O) groups is 2. The number of nitrogens with zero attached hydrogens (tertiary/aromatic N) is 1. The van der Waals surface area contributed by atoms with E-state index < -0.39 is 6.10 Å². The van der Waals surface area contributed by atoms with Crippen LogP contribution in [0.25, 0.3) is 0 Å². The minimum absolute atomic E-state index is 0.0737. The number of hydrogen-bond donors (Lipinski definition) is 1. The Morgan fingerprint density at radius 2 is 1.81 bits per heavy atom. The molecule has 0 aromatic rings. The average molecular weight is 367 g/mol. The van der Waals surface area contributed by atoms with Crippen molar-refractivity contribution in [3.8, 4) is 0 Å². The van der Waals surface area contributed by atoms with Crippen molar-refractivity contribution in [3.05, 3.63) is 11.8 Å². The third-order valence-electron chi connectivity index (χ3n) is 5.49. The molecular weight excluding hydrogens is 332 g/mol. The van der Waals surface area contributed by atoms with Crippen molar-refractivity contribution in [3.63, 3.8) is 0 Å². The molecular formula is C20H34N2O4. The second-order valence-corrected chi connectivity index (χ2v) is 8.85. The normalized spacial score (nSPS) is 26.5. The molecule has 0 saturated carbocycles. The molecule has 0 aromatic heterocycles. The molecule has 1 N–H and O–H groups in total. The van der Waals surface area contributed by atoms with Crippen LogP contribution in [-0.4, -0.2) is 43.2 Å². The van der Waals surface area contributed by atoms with E-state index >= 15 is 0 Å². The summed E-state index contributed by atoms with van der Waals surface area (Å²) in [4.78, 5) is 30.4. The van der Waals surface area contributed by atoms with Crippen LogP contribution < -0.4 is 5.32 Å². The van der Waals surface area contributed by atoms with E-state index in [1.54, 1.807) is 0 Å². The van der Waals surface area contributed by atoms with Crippen molar-refractivity contribution in [2.24, 2.45) is 16.7 Å². The molecule has 2 atom stereocenters. The van der Waals surface area contributed by atoms with Crippen molar-refractivity contribution in [1.82, 2.24) is 10.4 Å². The fourth-order valence-electron chi connectivity index (χ4n) is 4.79. The monoisotopic (exact) mass is 366 g/mol. The molecule has 0 radical (unpaired) electrons. The van der Waals surface area contributed by atoms with Gasteiger partial charge in [-0.3, -0.25) is 9.63 Å². The van der Waals surface area contributed by atoms with Crippen LogP contribution in [0.4, 0.5) is 0 Å². The van der Waals surface area contributed by atoms with E-state index in [4.69, 9.17) is 9.57 Å². The summed E-state index contributed by atoms with van der Waals surface area (Å²) in [5.41, 5.74) is 0.323. The molecule has 0 spiro atoms. The number of carbonyl (C=O) groups excluding carboxylic acids is 2. The Kier molecular flexibility index (Phi) is 6.51. The maximum atomic E-state index is 12.7. The number of hydroxylamine groups is 2. The minimum Gasteiger partial charge on any atom is -0.467 e. The lowest BCUT2D eigenvalue weighted by Gasteiger charge is -2.50. The third kappa shape index (κ3) is 4.86. The summed E-state index contributed by atoms with van der Waals surface area (Å²) in [6, 6.07) is 0. The van der Waals surface area contributed by atoms with Crippen molar-refractivity contribution in [2.75, 3.05) is 20.2 Å². The van der Waals surface area contributed by atoms with Gasteiger partial charge < -0.3 is 10.1 Å². The van der Waals surface area contributed by atoms with Crippen LogP contribution in [-0.2, 0) is 19.2 Å². The van der Waals surface area contributed by atoms with Crippen molar-refractivity contribution in [1.29, 1.82) is 0 Å². The van der Waals surface area contributed by atoms with Gasteiger partial charge in [0.05, 0.1) is 7.11 Å². The molecule has 148 valence electrons. The van der Waals surface area contributed by atoms with Gasteiger partial charge in [0, 0.05) is 31.6 Å². The first kappa shape index (κ1) is 20.9. The van der Waals surface area contributed by atoms with Crippen LogP contribution in [0.2, 0.25) is 0 Å². The zero-order valence-electron chi connectivity index (χ0n) is 17.1. The van der Waals surface area contributed by atoms with E-state index in [1.807, 2.05) is 5.06 Å². The van der Waals surface area contributed by atoms with E-state index in [9.17, 15) is 9.59 Å². The zero-order valence-corrected chi connectivity index (χ0v) is 17.1. The second kappa shape index (κ2) is 8.09. The van der Waals surface area contributed by atoms with Gasteiger partial charge in [-0.2, -0.15) is 5.06 Å². The minimum atomic E-state index is -0.668. The van der Waals surface area contributed by atoms with Crippen molar-refractivity contribution in [2.45, 2.75) is 66.4 Å². The average Bonchev–Trinajstić information content (AvgIpc) is 2.51. The molecule has 0 bridgehead atoms. The number of amides is 1. The summed E-state index contributed by atoms with van der Waals surface area (Å²) >= 11 is 0. The van der Waals surface area contributed by atoms with E-state index in [1.165, 1.54) is 20.5 Å². The number of allylic oxidation sites excluding steroid dienone is 2. The van der Waals surface area contributed by atoms with Gasteiger partial charge in [-0.25, -0.2) is 4.79 Å². The Morgan fingerprint density at radius 3 is 2.31 bits per heavy atom. The molecule has 6 heteroatoms. The van der Waals surface area contributed by atoms with E-state index in [0.29, 0.717) is 6.42 Å². The van der Waals surface area contributed by atoms with Crippen LogP contribution in [0.1, 0.15) is 60.3 Å². The number of nitrogens with one attached hydrogen (secondary N) is 1. The molecule has 1 aliphatic heterocycles. The molecule has 2 aliphatic rings. The first-order chi connectivity index (χ1) is 12.1. The van der Waals surface area contributed by atoms with E-state index in [2.05, 4.69) is 39.1 Å². The van der Waals surface area contributed by atoms with E-state index in [0.717, 1.165) is 31.6 Å². The van der Waals surface area contributed by atoms with Crippen molar-refractivity contribution < 1.29 is 19.2 Å². The van der Waals surface area contributed by atoms with Gasteiger partial charge in [0.1, 0.15) is 0 Å². The maximum Gasteiger partial charge on any atom is 0.337 e. The van der Waals surface area contributed by atoms with Gasteiger partial charge in [0.2, 0.25) is 5.91 Å². The predicted octanol–water partition coefficient (Wildman–Crippen LogP) is 3.04. The first-order valence-corrected chi connectivity index (χ1v) is 9.56. The van der Waals surface area contributed by atoms with Gasteiger partial charge >= 0.3 is 5.97 Å². The molecule has 1 aliphatic carbocycles. The van der Waals surface area contributed by atoms with Gasteiger partial charge in [-0.05, 0) is 30.1 Å². The smallest absolute Gasteiger partial charge is 0.337 e. The highest BCUT2D eigenvalue weighted by atomic mass is 16.7. The Balaban J connectivity index is 2.33. The van der Waals surface area contributed by atoms with Gasteiger partial charge in [-0.15, -0.1) is 0 Å². The van der Waals surface area contributed by atoms with Gasteiger partial charge in [0.25, 0.3) is 0 Å². The number of piperidine rings is 1. The van der Waals surface area contributed by atoms with Gasteiger partial charge in [0.15, 0.2) is 6.10 Å². The highest BCUT2D eigenvalue weighted by molar-refractivity contribution is 5.76. The Bertz CT molecular complexity index is 562. The van der Waals surface area contributed by atoms with Crippen LogP contribution in [0, 0.1) is 16.7 Å². The lowest BCUT2D eigenvalue weighted by atomic mass is 9.57. The molecule has 6 nitrogen and oxygen atoms in total. The summed E-state index contributed by atoms with van der Waals surface area (Å²) in [6.07, 6.45) is 5.44. The number of methoxy groups -OCH3 is 1. The Morgan fingerprint density at radius 1 is 1.19 bits per heavy atom. The highest BCUT2D eigenvalue weighted by Gasteiger charge is 2.52. The fourth-order valence-corrected chi connectivity index (χ4v) is 4.79. The number of rotatable bonds is 5. The maximum absolute atomic E-state index is 12.7. The highest BCUT2D eigenvalue weighted by Crippen LogP contribution is 2.51. The van der Waals surface area contributed by atoms with Crippen LogP contribution in [0.3, 0.4) is 0 Å². The molecule has 1 saturated heterocycles. The first-order valence-electron chi connectivity index (χ1n) is 9.56. The Hall–Kier alpha value is -1.40. The van der Waals surface area contributed by atoms with Crippen molar-refractivity contribution >= 4 is 11.9 Å². The number of esters is 1. The number of ether oxygens (including phenoxy) is 1. The van der Waals surface area contributed by atoms with Crippen LogP contribution in [0.15, 0.2) is 11.8 Å². The molecule has 1 amide bonds. The summed E-state index contributed by atoms with van der Waals surface area (Å²) in [6.45, 7) is 11.6. The molecule has 1 fully saturated rings. The summed E-state index contributed by atoms with van der Waals surface area (Å²) in [7, 11) is 1.41. The lowest BCUT2D eigenvalue weighted by molar-refractivity contribution is -0.244. The lowest BCUT2D eigenvalue weighted by Crippen LogP contribution is -2.53. The zero-order chi connectivity index (χ0) is 19.5. The molecule has 2 rings (SSSR count). The molecule has 26 heavy (non-hydrogen) atoms. The molecule has 1 heterocycles. The quantitative estimate of drug-likeness (QED) is 0.758. The molecule has 2 unspecified atom stereocenters. The van der Waals surface area contributed by atoms with Crippen LogP contribution >= 0.6 is 0 Å². The third-order valence-corrected chi connectivity index (χ3v) is 5.49. The summed E-state index contributed by atoms with van der Waals surface area (Å²) in [5, 5.41) is 4.85. The molecule has 0 aromatic carbocycles. The largest absolute Gasteiger partial charge is 0.467 e. The van der Waals surface area contributed by atoms with Gasteiger partial charge in [-0.1, -0.05) is 40.2 Å².